The van der Waals surface area contributed by atoms with Gasteiger partial charge in [0.1, 0.15) is 5.92 Å². The first-order chi connectivity index (χ1) is 11.9. The van der Waals surface area contributed by atoms with E-state index in [2.05, 4.69) is 0 Å². The Kier molecular flexibility index (Phi) is 7.66. The van der Waals surface area contributed by atoms with Crippen molar-refractivity contribution >= 4 is 17.3 Å². The Balaban J connectivity index is 3.30. The smallest absolute Gasteiger partial charge is 0.185 e. The fourth-order valence-electron chi connectivity index (χ4n) is 3.35. The molecule has 0 radical (unpaired) electrons. The quantitative estimate of drug-likeness (QED) is 0.510. The van der Waals surface area contributed by atoms with Gasteiger partial charge in [0.2, 0.25) is 0 Å². The van der Waals surface area contributed by atoms with Crippen LogP contribution in [0, 0.1) is 17.8 Å². The van der Waals surface area contributed by atoms with Crippen molar-refractivity contribution in [1.82, 2.24) is 0 Å². The fraction of sp³-hybridized carbons (Fsp3) is 0.667. The zero-order chi connectivity index (χ0) is 20.2. The topological polar surface area (TPSA) is 91.7 Å². The predicted octanol–water partition coefficient (Wildman–Crippen LogP) is 2.79. The van der Waals surface area contributed by atoms with Crippen molar-refractivity contribution in [3.05, 3.63) is 23.3 Å². The van der Waals surface area contributed by atoms with E-state index in [9.17, 15) is 24.6 Å². The fourth-order valence-corrected chi connectivity index (χ4v) is 3.35. The van der Waals surface area contributed by atoms with Gasteiger partial charge in [-0.05, 0) is 46.5 Å². The van der Waals surface area contributed by atoms with Crippen molar-refractivity contribution in [2.45, 2.75) is 72.5 Å². The van der Waals surface area contributed by atoms with Gasteiger partial charge in [-0.1, -0.05) is 37.1 Å². The number of carbonyl (C=O) groups excluding carboxylic acids is 3. The first-order valence-electron chi connectivity index (χ1n) is 9.20. The summed E-state index contributed by atoms with van der Waals surface area (Å²) in [5.74, 6) is -4.47. The number of carbonyl (C=O) groups is 3. The summed E-state index contributed by atoms with van der Waals surface area (Å²) in [6, 6.07) is 0. The number of hydrogen-bond donors (Lipinski definition) is 2. The highest BCUT2D eigenvalue weighted by Gasteiger charge is 2.63. The second-order valence-corrected chi connectivity index (χ2v) is 8.19. The molecule has 1 rings (SSSR count). The highest BCUT2D eigenvalue weighted by atomic mass is 16.4. The summed E-state index contributed by atoms with van der Waals surface area (Å²) in [6.07, 6.45) is 2.30. The van der Waals surface area contributed by atoms with E-state index in [1.165, 1.54) is 0 Å². The third-order valence-corrected chi connectivity index (χ3v) is 4.77. The van der Waals surface area contributed by atoms with Gasteiger partial charge in [-0.3, -0.25) is 14.4 Å². The SMILES string of the molecule is CC(C)=CCC1C(=O)C(C(=O)CC(C)C)C(=O)[C@]1(O)[C@@H](O)CC=C(C)C. The van der Waals surface area contributed by atoms with Crippen molar-refractivity contribution in [2.24, 2.45) is 17.8 Å². The Morgan fingerprint density at radius 1 is 1.12 bits per heavy atom. The Bertz CT molecular complexity index is 620. The van der Waals surface area contributed by atoms with Crippen LogP contribution in [0.5, 0.6) is 0 Å². The van der Waals surface area contributed by atoms with E-state index in [0.29, 0.717) is 0 Å². The molecular weight excluding hydrogens is 332 g/mol. The minimum absolute atomic E-state index is 0.00335. The molecule has 0 aromatic rings. The highest BCUT2D eigenvalue weighted by Crippen LogP contribution is 2.41. The van der Waals surface area contributed by atoms with E-state index in [0.717, 1.165) is 11.1 Å². The van der Waals surface area contributed by atoms with Crippen LogP contribution in [-0.4, -0.2) is 39.3 Å². The molecule has 26 heavy (non-hydrogen) atoms. The standard InChI is InChI=1S/C21H32O5/c1-12(2)7-9-15-19(24)18(16(22)11-14(5)6)20(25)21(15,26)17(23)10-8-13(3)4/h7-8,14-15,17-18,23,26H,9-11H2,1-6H3/t15?,17-,18?,21+/m0/s1. The molecule has 0 aromatic carbocycles. The Morgan fingerprint density at radius 3 is 2.12 bits per heavy atom. The van der Waals surface area contributed by atoms with Gasteiger partial charge in [0.15, 0.2) is 23.0 Å². The molecule has 0 heterocycles. The number of allylic oxidation sites excluding steroid dienone is 3. The maximum absolute atomic E-state index is 12.9. The molecule has 5 nitrogen and oxygen atoms in total. The number of hydrogen-bond acceptors (Lipinski definition) is 5. The largest absolute Gasteiger partial charge is 0.389 e. The van der Waals surface area contributed by atoms with Crippen LogP contribution in [0.15, 0.2) is 23.3 Å². The van der Waals surface area contributed by atoms with Crippen LogP contribution in [-0.2, 0) is 14.4 Å². The maximum atomic E-state index is 12.9. The summed E-state index contributed by atoms with van der Waals surface area (Å²) in [5, 5.41) is 21.7. The lowest BCUT2D eigenvalue weighted by molar-refractivity contribution is -0.155. The van der Waals surface area contributed by atoms with E-state index in [1.54, 1.807) is 12.2 Å². The van der Waals surface area contributed by atoms with Gasteiger partial charge in [-0.25, -0.2) is 0 Å². The van der Waals surface area contributed by atoms with Gasteiger partial charge in [0.25, 0.3) is 0 Å². The number of ketones is 3. The molecule has 0 bridgehead atoms. The van der Waals surface area contributed by atoms with Crippen molar-refractivity contribution in [2.75, 3.05) is 0 Å². The Labute approximate surface area is 156 Å². The van der Waals surface area contributed by atoms with Crippen LogP contribution in [0.4, 0.5) is 0 Å². The number of aliphatic hydroxyl groups excluding tert-OH is 1. The molecule has 146 valence electrons. The summed E-state index contributed by atoms with van der Waals surface area (Å²) in [5.41, 5.74) is -0.368. The summed E-state index contributed by atoms with van der Waals surface area (Å²) in [6.45, 7) is 11.0. The van der Waals surface area contributed by atoms with Crippen molar-refractivity contribution in [1.29, 1.82) is 0 Å². The lowest BCUT2D eigenvalue weighted by Gasteiger charge is -2.31. The highest BCUT2D eigenvalue weighted by molar-refractivity contribution is 6.27. The van der Waals surface area contributed by atoms with E-state index in [-0.39, 0.29) is 25.2 Å². The van der Waals surface area contributed by atoms with Crippen molar-refractivity contribution in [3.8, 4) is 0 Å². The first-order valence-corrected chi connectivity index (χ1v) is 9.20. The lowest BCUT2D eigenvalue weighted by atomic mass is 9.80. The molecule has 0 aliphatic heterocycles. The van der Waals surface area contributed by atoms with Gasteiger partial charge in [-0.2, -0.15) is 0 Å². The third kappa shape index (κ3) is 4.77. The molecule has 1 saturated carbocycles. The molecule has 1 aliphatic carbocycles. The zero-order valence-electron chi connectivity index (χ0n) is 16.7. The molecule has 0 saturated heterocycles. The van der Waals surface area contributed by atoms with Crippen molar-refractivity contribution in [3.63, 3.8) is 0 Å². The summed E-state index contributed by atoms with van der Waals surface area (Å²) < 4.78 is 0. The minimum atomic E-state index is -2.23. The number of aliphatic hydroxyl groups is 2. The van der Waals surface area contributed by atoms with Crippen LogP contribution in [0.25, 0.3) is 0 Å². The molecule has 1 aliphatic rings. The lowest BCUT2D eigenvalue weighted by Crippen LogP contribution is -2.52. The van der Waals surface area contributed by atoms with Crippen LogP contribution in [0.3, 0.4) is 0 Å². The second kappa shape index (κ2) is 8.87. The van der Waals surface area contributed by atoms with E-state index in [1.807, 2.05) is 41.5 Å². The maximum Gasteiger partial charge on any atom is 0.185 e. The summed E-state index contributed by atoms with van der Waals surface area (Å²) in [7, 11) is 0. The van der Waals surface area contributed by atoms with Crippen LogP contribution in [0.1, 0.15) is 60.8 Å². The number of rotatable bonds is 8. The van der Waals surface area contributed by atoms with Crippen molar-refractivity contribution < 1.29 is 24.6 Å². The monoisotopic (exact) mass is 364 g/mol. The summed E-state index contributed by atoms with van der Waals surface area (Å²) >= 11 is 0. The molecule has 0 amide bonds. The van der Waals surface area contributed by atoms with Gasteiger partial charge in [-0.15, -0.1) is 0 Å². The van der Waals surface area contributed by atoms with Crippen LogP contribution >= 0.6 is 0 Å². The van der Waals surface area contributed by atoms with Gasteiger partial charge < -0.3 is 10.2 Å². The second-order valence-electron chi connectivity index (χ2n) is 8.19. The van der Waals surface area contributed by atoms with Gasteiger partial charge in [0, 0.05) is 6.42 Å². The van der Waals surface area contributed by atoms with E-state index in [4.69, 9.17) is 0 Å². The number of Topliss-reactive ketones (excluding diaryl/α,β-unsaturated/α-hetero) is 3. The average Bonchev–Trinajstić information content (AvgIpc) is 2.69. The molecular formula is C21H32O5. The minimum Gasteiger partial charge on any atom is -0.389 e. The molecule has 0 aromatic heterocycles. The Morgan fingerprint density at radius 2 is 1.65 bits per heavy atom. The summed E-state index contributed by atoms with van der Waals surface area (Å²) in [4.78, 5) is 38.2. The molecule has 1 fully saturated rings. The van der Waals surface area contributed by atoms with Crippen LogP contribution < -0.4 is 0 Å². The zero-order valence-corrected chi connectivity index (χ0v) is 16.7. The van der Waals surface area contributed by atoms with E-state index >= 15 is 0 Å². The molecule has 5 heteroatoms. The molecule has 2 unspecified atom stereocenters. The molecule has 4 atom stereocenters. The average molecular weight is 364 g/mol. The first kappa shape index (κ1) is 22.5. The van der Waals surface area contributed by atoms with Gasteiger partial charge >= 0.3 is 0 Å². The van der Waals surface area contributed by atoms with Crippen LogP contribution in [0.2, 0.25) is 0 Å². The predicted molar refractivity (Wildman–Crippen MR) is 101 cm³/mol. The normalized spacial score (nSPS) is 26.8. The third-order valence-electron chi connectivity index (χ3n) is 4.77. The van der Waals surface area contributed by atoms with Gasteiger partial charge in [0.05, 0.1) is 12.0 Å². The molecule has 0 spiro atoms. The Hall–Kier alpha value is -1.59. The molecule has 2 N–H and O–H groups in total. The van der Waals surface area contributed by atoms with E-state index < -0.39 is 40.9 Å².